The van der Waals surface area contributed by atoms with Gasteiger partial charge >= 0.3 is 6.09 Å². The quantitative estimate of drug-likeness (QED) is 0.533. The fourth-order valence-corrected chi connectivity index (χ4v) is 1.04. The molecule has 11 heavy (non-hydrogen) atoms. The number of hydrogen-bond donors (Lipinski definition) is 2. The molecule has 0 spiro atoms. The van der Waals surface area contributed by atoms with Crippen LogP contribution in [-0.4, -0.2) is 48.4 Å². The van der Waals surface area contributed by atoms with Gasteiger partial charge in [-0.3, -0.25) is 0 Å². The number of nitrogens with zero attached hydrogens (tertiary/aromatic N) is 1. The minimum Gasteiger partial charge on any atom is -0.465 e. The molecular formula is C6H12N2O3. The van der Waals surface area contributed by atoms with Crippen molar-refractivity contribution in [3.05, 3.63) is 0 Å². The van der Waals surface area contributed by atoms with Crippen LogP contribution < -0.4 is 5.73 Å². The zero-order valence-corrected chi connectivity index (χ0v) is 6.19. The summed E-state index contributed by atoms with van der Waals surface area (Å²) in [6.45, 7) is 1.68. The Morgan fingerprint density at radius 2 is 2.55 bits per heavy atom. The minimum atomic E-state index is -0.897. The van der Waals surface area contributed by atoms with Gasteiger partial charge in [0.2, 0.25) is 0 Å². The fourth-order valence-electron chi connectivity index (χ4n) is 1.04. The standard InChI is InChI=1S/C6H12N2O3/c7-3-5-4-8(6(9)10)1-2-11-5/h5H,1-4,7H2,(H,9,10)/t5-/m1/s1. The van der Waals surface area contributed by atoms with Gasteiger partial charge in [-0.05, 0) is 0 Å². The van der Waals surface area contributed by atoms with Crippen molar-refractivity contribution in [1.82, 2.24) is 4.90 Å². The summed E-state index contributed by atoms with van der Waals surface area (Å²) in [5, 5.41) is 8.58. The highest BCUT2D eigenvalue weighted by molar-refractivity contribution is 5.65. The number of rotatable bonds is 1. The van der Waals surface area contributed by atoms with Gasteiger partial charge in [0.05, 0.1) is 19.3 Å². The lowest BCUT2D eigenvalue weighted by Crippen LogP contribution is -2.47. The van der Waals surface area contributed by atoms with Gasteiger partial charge in [-0.2, -0.15) is 0 Å². The lowest BCUT2D eigenvalue weighted by molar-refractivity contribution is -0.0167. The lowest BCUT2D eigenvalue weighted by atomic mass is 10.3. The molecule has 3 N–H and O–H groups in total. The Morgan fingerprint density at radius 1 is 1.82 bits per heavy atom. The number of nitrogens with two attached hydrogens (primary N) is 1. The van der Waals surface area contributed by atoms with Crippen molar-refractivity contribution >= 4 is 6.09 Å². The Bertz CT molecular complexity index is 151. The average Bonchev–Trinajstić information content (AvgIpc) is 2.05. The van der Waals surface area contributed by atoms with Gasteiger partial charge in [-0.25, -0.2) is 4.79 Å². The highest BCUT2D eigenvalue weighted by atomic mass is 16.5. The van der Waals surface area contributed by atoms with Gasteiger partial charge in [0.25, 0.3) is 0 Å². The van der Waals surface area contributed by atoms with E-state index >= 15 is 0 Å². The molecule has 1 aliphatic rings. The first kappa shape index (κ1) is 8.29. The summed E-state index contributed by atoms with van der Waals surface area (Å²) >= 11 is 0. The summed E-state index contributed by atoms with van der Waals surface area (Å²) in [6.07, 6.45) is -1.02. The first-order valence-corrected chi connectivity index (χ1v) is 3.53. The molecule has 0 aromatic rings. The SMILES string of the molecule is NC[C@@H]1CN(C(=O)O)CCO1. The molecule has 1 amide bonds. The zero-order chi connectivity index (χ0) is 8.27. The van der Waals surface area contributed by atoms with Gasteiger partial charge in [-0.1, -0.05) is 0 Å². The maximum Gasteiger partial charge on any atom is 0.407 e. The van der Waals surface area contributed by atoms with Gasteiger partial charge in [0.15, 0.2) is 0 Å². The molecule has 1 atom stereocenters. The molecule has 0 aliphatic carbocycles. The fraction of sp³-hybridized carbons (Fsp3) is 0.833. The van der Waals surface area contributed by atoms with Crippen molar-refractivity contribution in [2.75, 3.05) is 26.2 Å². The van der Waals surface area contributed by atoms with Crippen LogP contribution in [0, 0.1) is 0 Å². The molecule has 5 heteroatoms. The summed E-state index contributed by atoms with van der Waals surface area (Å²) in [6, 6.07) is 0. The molecular weight excluding hydrogens is 148 g/mol. The van der Waals surface area contributed by atoms with Crippen LogP contribution in [0.15, 0.2) is 0 Å². The Hall–Kier alpha value is -0.810. The summed E-state index contributed by atoms with van der Waals surface area (Å²) in [4.78, 5) is 11.8. The Morgan fingerprint density at radius 3 is 3.09 bits per heavy atom. The maximum absolute atomic E-state index is 10.4. The average molecular weight is 160 g/mol. The van der Waals surface area contributed by atoms with Gasteiger partial charge < -0.3 is 20.5 Å². The highest BCUT2D eigenvalue weighted by Gasteiger charge is 2.22. The van der Waals surface area contributed by atoms with E-state index in [1.165, 1.54) is 4.90 Å². The summed E-state index contributed by atoms with van der Waals surface area (Å²) in [5.74, 6) is 0. The second-order valence-electron chi connectivity index (χ2n) is 2.46. The number of hydrogen-bond acceptors (Lipinski definition) is 3. The molecule has 1 aliphatic heterocycles. The number of ether oxygens (including phenoxy) is 1. The molecule has 64 valence electrons. The predicted molar refractivity (Wildman–Crippen MR) is 38.4 cm³/mol. The Labute approximate surface area is 64.7 Å². The smallest absolute Gasteiger partial charge is 0.407 e. The third-order valence-electron chi connectivity index (χ3n) is 1.67. The molecule has 0 aromatic carbocycles. The van der Waals surface area contributed by atoms with Gasteiger partial charge in [0, 0.05) is 13.1 Å². The molecule has 5 nitrogen and oxygen atoms in total. The van der Waals surface area contributed by atoms with E-state index in [1.54, 1.807) is 0 Å². The minimum absolute atomic E-state index is 0.125. The van der Waals surface area contributed by atoms with Crippen molar-refractivity contribution in [3.63, 3.8) is 0 Å². The zero-order valence-electron chi connectivity index (χ0n) is 6.19. The van der Waals surface area contributed by atoms with Crippen LogP contribution in [0.25, 0.3) is 0 Å². The van der Waals surface area contributed by atoms with E-state index in [2.05, 4.69) is 0 Å². The molecule has 1 heterocycles. The molecule has 0 bridgehead atoms. The summed E-state index contributed by atoms with van der Waals surface area (Å²) in [7, 11) is 0. The molecule has 0 radical (unpaired) electrons. The number of morpholine rings is 1. The van der Waals surface area contributed by atoms with Crippen LogP contribution in [0.2, 0.25) is 0 Å². The third kappa shape index (κ3) is 2.06. The van der Waals surface area contributed by atoms with Crippen LogP contribution in [0.1, 0.15) is 0 Å². The first-order valence-electron chi connectivity index (χ1n) is 3.53. The van der Waals surface area contributed by atoms with Crippen molar-refractivity contribution < 1.29 is 14.6 Å². The Balaban J connectivity index is 2.39. The van der Waals surface area contributed by atoms with Crippen LogP contribution in [-0.2, 0) is 4.74 Å². The number of amides is 1. The van der Waals surface area contributed by atoms with E-state index in [0.717, 1.165) is 0 Å². The van der Waals surface area contributed by atoms with E-state index < -0.39 is 6.09 Å². The van der Waals surface area contributed by atoms with Gasteiger partial charge in [0.1, 0.15) is 0 Å². The second-order valence-corrected chi connectivity index (χ2v) is 2.46. The van der Waals surface area contributed by atoms with Crippen LogP contribution >= 0.6 is 0 Å². The van der Waals surface area contributed by atoms with Crippen molar-refractivity contribution in [3.8, 4) is 0 Å². The number of carboxylic acid groups (broad SMARTS) is 1. The summed E-state index contributed by atoms with van der Waals surface area (Å²) in [5.41, 5.74) is 5.32. The lowest BCUT2D eigenvalue weighted by Gasteiger charge is -2.30. The highest BCUT2D eigenvalue weighted by Crippen LogP contribution is 2.03. The first-order chi connectivity index (χ1) is 5.24. The van der Waals surface area contributed by atoms with Crippen molar-refractivity contribution in [2.24, 2.45) is 5.73 Å². The molecule has 0 aromatic heterocycles. The van der Waals surface area contributed by atoms with E-state index in [1.807, 2.05) is 0 Å². The third-order valence-corrected chi connectivity index (χ3v) is 1.67. The van der Waals surface area contributed by atoms with Crippen molar-refractivity contribution in [1.29, 1.82) is 0 Å². The molecule has 1 saturated heterocycles. The van der Waals surface area contributed by atoms with Crippen LogP contribution in [0.4, 0.5) is 4.79 Å². The second kappa shape index (κ2) is 3.54. The normalized spacial score (nSPS) is 25.2. The molecule has 1 rings (SSSR count). The van der Waals surface area contributed by atoms with E-state index in [-0.39, 0.29) is 6.10 Å². The van der Waals surface area contributed by atoms with Crippen LogP contribution in [0.5, 0.6) is 0 Å². The van der Waals surface area contributed by atoms with Crippen LogP contribution in [0.3, 0.4) is 0 Å². The maximum atomic E-state index is 10.4. The van der Waals surface area contributed by atoms with E-state index in [0.29, 0.717) is 26.2 Å². The number of carbonyl (C=O) groups is 1. The molecule has 0 saturated carbocycles. The Kier molecular flexibility index (Phi) is 2.67. The monoisotopic (exact) mass is 160 g/mol. The van der Waals surface area contributed by atoms with Crippen molar-refractivity contribution in [2.45, 2.75) is 6.10 Å². The molecule has 1 fully saturated rings. The topological polar surface area (TPSA) is 75.8 Å². The summed E-state index contributed by atoms with van der Waals surface area (Å²) < 4.78 is 5.18. The van der Waals surface area contributed by atoms with E-state index in [4.69, 9.17) is 15.6 Å². The van der Waals surface area contributed by atoms with E-state index in [9.17, 15) is 4.79 Å². The molecule has 0 unspecified atom stereocenters. The largest absolute Gasteiger partial charge is 0.465 e. The van der Waals surface area contributed by atoms with Gasteiger partial charge in [-0.15, -0.1) is 0 Å². The predicted octanol–water partition coefficient (Wildman–Crippen LogP) is -0.676.